The molecule has 1 fully saturated rings. The van der Waals surface area contributed by atoms with Crippen LogP contribution in [0.15, 0.2) is 11.2 Å². The van der Waals surface area contributed by atoms with Crippen LogP contribution >= 0.6 is 0 Å². The summed E-state index contributed by atoms with van der Waals surface area (Å²) < 4.78 is 27.1. The topological polar surface area (TPSA) is 78.1 Å². The molecule has 2 N–H and O–H groups in total. The Morgan fingerprint density at radius 3 is 3.00 bits per heavy atom. The number of rotatable bonds is 5. The lowest BCUT2D eigenvalue weighted by atomic mass is 10.0. The van der Waals surface area contributed by atoms with E-state index in [0.717, 1.165) is 25.7 Å². The molecule has 1 atom stereocenters. The Balaban J connectivity index is 2.32. The molecule has 0 amide bonds. The predicted octanol–water partition coefficient (Wildman–Crippen LogP) is 1.08. The van der Waals surface area contributed by atoms with Crippen molar-refractivity contribution in [1.82, 2.24) is 19.8 Å². The molecule has 0 bridgehead atoms. The highest BCUT2D eigenvalue weighted by Gasteiger charge is 2.34. The van der Waals surface area contributed by atoms with Gasteiger partial charge in [-0.15, -0.1) is 0 Å². The van der Waals surface area contributed by atoms with Crippen molar-refractivity contribution in [2.24, 2.45) is 0 Å². The monoisotopic (exact) mass is 286 g/mol. The van der Waals surface area contributed by atoms with Gasteiger partial charge in [0.2, 0.25) is 0 Å². The first-order valence-corrected chi connectivity index (χ1v) is 8.24. The highest BCUT2D eigenvalue weighted by molar-refractivity contribution is 7.89. The second-order valence-corrected chi connectivity index (χ2v) is 6.76. The fourth-order valence-electron chi connectivity index (χ4n) is 2.65. The third-order valence-electron chi connectivity index (χ3n) is 3.66. The Hall–Kier alpha value is -0.920. The van der Waals surface area contributed by atoms with Gasteiger partial charge in [0, 0.05) is 24.7 Å². The third kappa shape index (κ3) is 2.82. The minimum atomic E-state index is -3.46. The molecular formula is C12H22N4O2S. The largest absolute Gasteiger partial charge is 0.316 e. The van der Waals surface area contributed by atoms with Gasteiger partial charge in [-0.25, -0.2) is 8.42 Å². The number of hydrogen-bond donors (Lipinski definition) is 2. The molecule has 19 heavy (non-hydrogen) atoms. The first-order valence-electron chi connectivity index (χ1n) is 6.80. The van der Waals surface area contributed by atoms with Crippen LogP contribution in [-0.2, 0) is 16.6 Å². The Morgan fingerprint density at radius 2 is 2.32 bits per heavy atom. The van der Waals surface area contributed by atoms with E-state index in [2.05, 4.69) is 15.5 Å². The summed E-state index contributed by atoms with van der Waals surface area (Å²) in [6.07, 6.45) is 5.43. The van der Waals surface area contributed by atoms with Crippen LogP contribution in [0, 0.1) is 0 Å². The average molecular weight is 286 g/mol. The van der Waals surface area contributed by atoms with Gasteiger partial charge in [-0.2, -0.15) is 9.40 Å². The fourth-order valence-corrected chi connectivity index (χ4v) is 4.53. The van der Waals surface area contributed by atoms with E-state index < -0.39 is 10.0 Å². The zero-order valence-electron chi connectivity index (χ0n) is 11.5. The normalized spacial score (nSPS) is 21.7. The van der Waals surface area contributed by atoms with Gasteiger partial charge in [0.1, 0.15) is 0 Å². The number of nitrogens with zero attached hydrogens (tertiary/aromatic N) is 2. The second kappa shape index (κ2) is 6.02. The van der Waals surface area contributed by atoms with Crippen molar-refractivity contribution < 1.29 is 8.42 Å². The first-order chi connectivity index (χ1) is 9.11. The molecule has 7 heteroatoms. The fraction of sp³-hybridized carbons (Fsp3) is 0.750. The quantitative estimate of drug-likeness (QED) is 0.849. The van der Waals surface area contributed by atoms with Crippen LogP contribution in [0.25, 0.3) is 0 Å². The molecule has 0 saturated carbocycles. The van der Waals surface area contributed by atoms with Gasteiger partial charge in [-0.1, -0.05) is 13.3 Å². The van der Waals surface area contributed by atoms with E-state index >= 15 is 0 Å². The molecule has 1 unspecified atom stereocenters. The number of hydrogen-bond acceptors (Lipinski definition) is 4. The van der Waals surface area contributed by atoms with Crippen molar-refractivity contribution in [2.75, 3.05) is 13.6 Å². The number of H-pyrrole nitrogens is 1. The Kier molecular flexibility index (Phi) is 4.59. The molecule has 1 aromatic heterocycles. The summed E-state index contributed by atoms with van der Waals surface area (Å²) in [6, 6.07) is 0.115. The van der Waals surface area contributed by atoms with E-state index in [-0.39, 0.29) is 11.1 Å². The maximum Gasteiger partial charge on any atom is 0.260 e. The van der Waals surface area contributed by atoms with Crippen molar-refractivity contribution in [2.45, 2.75) is 50.2 Å². The molecule has 6 nitrogen and oxygen atoms in total. The summed E-state index contributed by atoms with van der Waals surface area (Å²) >= 11 is 0. The minimum Gasteiger partial charge on any atom is -0.316 e. The summed E-state index contributed by atoms with van der Waals surface area (Å²) in [5, 5.41) is 9.74. The van der Waals surface area contributed by atoms with Crippen LogP contribution in [0.4, 0.5) is 0 Å². The number of aromatic nitrogens is 2. The van der Waals surface area contributed by atoms with Crippen molar-refractivity contribution in [1.29, 1.82) is 0 Å². The average Bonchev–Trinajstić information content (AvgIpc) is 2.88. The van der Waals surface area contributed by atoms with E-state index in [0.29, 0.717) is 18.7 Å². The molecule has 1 aromatic rings. The van der Waals surface area contributed by atoms with Crippen molar-refractivity contribution in [3.8, 4) is 0 Å². The van der Waals surface area contributed by atoms with Gasteiger partial charge < -0.3 is 5.32 Å². The van der Waals surface area contributed by atoms with Crippen molar-refractivity contribution in [3.63, 3.8) is 0 Å². The number of sulfonamides is 1. The smallest absolute Gasteiger partial charge is 0.260 e. The highest BCUT2D eigenvalue weighted by Crippen LogP contribution is 2.27. The van der Waals surface area contributed by atoms with E-state index in [1.807, 2.05) is 6.92 Å². The lowest BCUT2D eigenvalue weighted by Crippen LogP contribution is -2.43. The summed E-state index contributed by atoms with van der Waals surface area (Å²) in [5.74, 6) is 0. The molecular weight excluding hydrogens is 264 g/mol. The standard InChI is InChI=1S/C12H22N4O2S/c1-3-11-6-4-5-7-16(11)19(17,18)12-10(8-13-2)9-14-15-12/h9,11,13H,3-8H2,1-2H3,(H,14,15). The molecule has 0 aromatic carbocycles. The molecule has 2 heterocycles. The van der Waals surface area contributed by atoms with Gasteiger partial charge in [-0.05, 0) is 26.3 Å². The number of nitrogens with one attached hydrogen (secondary N) is 2. The van der Waals surface area contributed by atoms with Crippen LogP contribution in [0.3, 0.4) is 0 Å². The zero-order valence-corrected chi connectivity index (χ0v) is 12.3. The van der Waals surface area contributed by atoms with E-state index in [1.54, 1.807) is 17.5 Å². The van der Waals surface area contributed by atoms with E-state index in [9.17, 15) is 8.42 Å². The highest BCUT2D eigenvalue weighted by atomic mass is 32.2. The van der Waals surface area contributed by atoms with Gasteiger partial charge >= 0.3 is 0 Å². The maximum atomic E-state index is 12.7. The summed E-state index contributed by atoms with van der Waals surface area (Å²) in [4.78, 5) is 0. The van der Waals surface area contributed by atoms with Gasteiger partial charge in [-0.3, -0.25) is 5.10 Å². The predicted molar refractivity (Wildman–Crippen MR) is 73.2 cm³/mol. The summed E-state index contributed by atoms with van der Waals surface area (Å²) in [7, 11) is -1.67. The summed E-state index contributed by atoms with van der Waals surface area (Å²) in [6.45, 7) is 3.15. The van der Waals surface area contributed by atoms with Crippen LogP contribution in [0.1, 0.15) is 38.2 Å². The van der Waals surface area contributed by atoms with Crippen LogP contribution < -0.4 is 5.32 Å². The zero-order chi connectivity index (χ0) is 13.9. The van der Waals surface area contributed by atoms with Gasteiger partial charge in [0.15, 0.2) is 5.03 Å². The number of aromatic amines is 1. The minimum absolute atomic E-state index is 0.115. The molecule has 2 rings (SSSR count). The molecule has 0 radical (unpaired) electrons. The van der Waals surface area contributed by atoms with Crippen LogP contribution in [-0.4, -0.2) is 42.6 Å². The molecule has 0 aliphatic carbocycles. The number of piperidine rings is 1. The Morgan fingerprint density at radius 1 is 1.53 bits per heavy atom. The van der Waals surface area contributed by atoms with Crippen LogP contribution in [0.5, 0.6) is 0 Å². The first kappa shape index (κ1) is 14.5. The second-order valence-electron chi connectivity index (χ2n) is 4.93. The van der Waals surface area contributed by atoms with E-state index in [1.165, 1.54) is 0 Å². The third-order valence-corrected chi connectivity index (χ3v) is 5.62. The van der Waals surface area contributed by atoms with Gasteiger partial charge in [0.05, 0.1) is 6.20 Å². The van der Waals surface area contributed by atoms with E-state index in [4.69, 9.17) is 0 Å². The lowest BCUT2D eigenvalue weighted by molar-refractivity contribution is 0.246. The molecule has 1 saturated heterocycles. The molecule has 1 aliphatic rings. The van der Waals surface area contributed by atoms with Gasteiger partial charge in [0.25, 0.3) is 10.0 Å². The molecule has 1 aliphatic heterocycles. The molecule has 0 spiro atoms. The maximum absolute atomic E-state index is 12.7. The van der Waals surface area contributed by atoms with Crippen LogP contribution in [0.2, 0.25) is 0 Å². The lowest BCUT2D eigenvalue weighted by Gasteiger charge is -2.33. The molecule has 108 valence electrons. The summed E-state index contributed by atoms with van der Waals surface area (Å²) in [5.41, 5.74) is 0.697. The van der Waals surface area contributed by atoms with Crippen molar-refractivity contribution in [3.05, 3.63) is 11.8 Å². The Bertz CT molecular complexity index is 512. The SMILES string of the molecule is CCC1CCCCN1S(=O)(=O)c1[nH]ncc1CNC. The Labute approximate surface area is 114 Å². The van der Waals surface area contributed by atoms with Crippen molar-refractivity contribution >= 4 is 10.0 Å².